The van der Waals surface area contributed by atoms with Crippen LogP contribution < -0.4 is 10.2 Å². The van der Waals surface area contributed by atoms with E-state index < -0.39 is 5.97 Å². The summed E-state index contributed by atoms with van der Waals surface area (Å²) >= 11 is 0. The maximum Gasteiger partial charge on any atom is 0.323 e. The summed E-state index contributed by atoms with van der Waals surface area (Å²) in [4.78, 5) is 24.1. The van der Waals surface area contributed by atoms with Crippen LogP contribution >= 0.6 is 0 Å². The summed E-state index contributed by atoms with van der Waals surface area (Å²) in [6.45, 7) is 1.61. The molecule has 0 saturated carbocycles. The Hall–Kier alpha value is -2.04. The van der Waals surface area contributed by atoms with E-state index in [9.17, 15) is 9.59 Å². The Balaban J connectivity index is 2.21. The van der Waals surface area contributed by atoms with Gasteiger partial charge in [0.2, 0.25) is 0 Å². The molecule has 1 aromatic carbocycles. The number of aliphatic carboxylic acids is 1. The minimum absolute atomic E-state index is 0.0775. The lowest BCUT2D eigenvalue weighted by Crippen LogP contribution is -2.48. The average Bonchev–Trinajstić information content (AvgIpc) is 2.36. The standard InChI is InChI=1S/C13H16N2O3/c1-9-6-7-10-4-2-3-5-11(10)15(9)13(18)14-8-12(16)17/h2-5,9H,6-8H2,1H3,(H,14,18)(H,16,17). The molecule has 1 atom stereocenters. The molecular weight excluding hydrogens is 232 g/mol. The number of nitrogens with zero attached hydrogens (tertiary/aromatic N) is 1. The molecule has 18 heavy (non-hydrogen) atoms. The van der Waals surface area contributed by atoms with Crippen molar-refractivity contribution >= 4 is 17.7 Å². The van der Waals surface area contributed by atoms with Gasteiger partial charge in [-0.05, 0) is 31.4 Å². The number of para-hydroxylation sites is 1. The van der Waals surface area contributed by atoms with Gasteiger partial charge >= 0.3 is 12.0 Å². The molecule has 5 heteroatoms. The number of carbonyl (C=O) groups is 2. The van der Waals surface area contributed by atoms with Gasteiger partial charge in [-0.1, -0.05) is 18.2 Å². The molecule has 1 aromatic rings. The van der Waals surface area contributed by atoms with Crippen molar-refractivity contribution in [2.75, 3.05) is 11.4 Å². The highest BCUT2D eigenvalue weighted by atomic mass is 16.4. The van der Waals surface area contributed by atoms with Crippen molar-refractivity contribution in [1.29, 1.82) is 0 Å². The van der Waals surface area contributed by atoms with Gasteiger partial charge in [-0.2, -0.15) is 0 Å². The number of anilines is 1. The number of urea groups is 1. The molecule has 0 radical (unpaired) electrons. The van der Waals surface area contributed by atoms with Crippen LogP contribution in [0.5, 0.6) is 0 Å². The third-order valence-electron chi connectivity index (χ3n) is 3.13. The van der Waals surface area contributed by atoms with E-state index in [1.54, 1.807) is 4.90 Å². The summed E-state index contributed by atoms with van der Waals surface area (Å²) in [5.74, 6) is -1.04. The SMILES string of the molecule is CC1CCc2ccccc2N1C(=O)NCC(=O)O. The van der Waals surface area contributed by atoms with Crippen LogP contribution in [0.1, 0.15) is 18.9 Å². The average molecular weight is 248 g/mol. The summed E-state index contributed by atoms with van der Waals surface area (Å²) in [5, 5.41) is 11.0. The molecule has 0 spiro atoms. The summed E-state index contributed by atoms with van der Waals surface area (Å²) in [6, 6.07) is 7.45. The van der Waals surface area contributed by atoms with E-state index in [1.807, 2.05) is 31.2 Å². The molecule has 2 rings (SSSR count). The third kappa shape index (κ3) is 2.45. The summed E-state index contributed by atoms with van der Waals surface area (Å²) in [5.41, 5.74) is 2.00. The Kier molecular flexibility index (Phi) is 3.50. The number of carboxylic acids is 1. The van der Waals surface area contributed by atoms with Gasteiger partial charge in [0.1, 0.15) is 6.54 Å². The Labute approximate surface area is 105 Å². The zero-order valence-corrected chi connectivity index (χ0v) is 10.2. The fourth-order valence-corrected chi connectivity index (χ4v) is 2.23. The molecule has 0 aliphatic carbocycles. The fraction of sp³-hybridized carbons (Fsp3) is 0.385. The molecule has 0 fully saturated rings. The quantitative estimate of drug-likeness (QED) is 0.835. The number of amides is 2. The van der Waals surface area contributed by atoms with Crippen molar-refractivity contribution < 1.29 is 14.7 Å². The number of aryl methyl sites for hydroxylation is 1. The van der Waals surface area contributed by atoms with Crippen molar-refractivity contribution in [3.05, 3.63) is 29.8 Å². The van der Waals surface area contributed by atoms with Crippen molar-refractivity contribution in [2.24, 2.45) is 0 Å². The smallest absolute Gasteiger partial charge is 0.323 e. The monoisotopic (exact) mass is 248 g/mol. The first kappa shape index (κ1) is 12.4. The van der Waals surface area contributed by atoms with Crippen LogP contribution in [0.15, 0.2) is 24.3 Å². The Morgan fingerprint density at radius 3 is 2.89 bits per heavy atom. The van der Waals surface area contributed by atoms with Gasteiger partial charge in [0, 0.05) is 11.7 Å². The topological polar surface area (TPSA) is 69.6 Å². The molecule has 0 bridgehead atoms. The zero-order chi connectivity index (χ0) is 13.1. The van der Waals surface area contributed by atoms with Crippen molar-refractivity contribution in [3.63, 3.8) is 0 Å². The van der Waals surface area contributed by atoms with Crippen molar-refractivity contribution in [3.8, 4) is 0 Å². The number of hydrogen-bond donors (Lipinski definition) is 2. The second kappa shape index (κ2) is 5.08. The van der Waals surface area contributed by atoms with Crippen molar-refractivity contribution in [2.45, 2.75) is 25.8 Å². The lowest BCUT2D eigenvalue weighted by molar-refractivity contribution is -0.135. The van der Waals surface area contributed by atoms with E-state index in [-0.39, 0.29) is 18.6 Å². The Morgan fingerprint density at radius 1 is 1.44 bits per heavy atom. The lowest BCUT2D eigenvalue weighted by atomic mass is 9.97. The molecular formula is C13H16N2O3. The van der Waals surface area contributed by atoms with E-state index >= 15 is 0 Å². The van der Waals surface area contributed by atoms with Crippen LogP contribution in [-0.4, -0.2) is 29.7 Å². The number of benzene rings is 1. The first-order valence-electron chi connectivity index (χ1n) is 5.96. The van der Waals surface area contributed by atoms with Gasteiger partial charge in [0.05, 0.1) is 0 Å². The van der Waals surface area contributed by atoms with E-state index in [2.05, 4.69) is 5.32 Å². The van der Waals surface area contributed by atoms with E-state index in [0.29, 0.717) is 0 Å². The normalized spacial score (nSPS) is 18.1. The molecule has 1 aliphatic heterocycles. The van der Waals surface area contributed by atoms with E-state index in [0.717, 1.165) is 24.1 Å². The van der Waals surface area contributed by atoms with Crippen LogP contribution in [0.2, 0.25) is 0 Å². The number of nitrogens with one attached hydrogen (secondary N) is 1. The maximum absolute atomic E-state index is 12.0. The van der Waals surface area contributed by atoms with Gasteiger partial charge in [-0.3, -0.25) is 9.69 Å². The molecule has 1 heterocycles. The third-order valence-corrected chi connectivity index (χ3v) is 3.13. The van der Waals surface area contributed by atoms with Gasteiger partial charge < -0.3 is 10.4 Å². The zero-order valence-electron chi connectivity index (χ0n) is 10.2. The predicted octanol–water partition coefficient (Wildman–Crippen LogP) is 1.62. The molecule has 1 unspecified atom stereocenters. The largest absolute Gasteiger partial charge is 0.480 e. The molecule has 2 amide bonds. The molecule has 2 N–H and O–H groups in total. The maximum atomic E-state index is 12.0. The summed E-state index contributed by atoms with van der Waals surface area (Å²) in [7, 11) is 0. The van der Waals surface area contributed by atoms with E-state index in [1.165, 1.54) is 0 Å². The van der Waals surface area contributed by atoms with Crippen LogP contribution in [0.4, 0.5) is 10.5 Å². The fourth-order valence-electron chi connectivity index (χ4n) is 2.23. The van der Waals surface area contributed by atoms with Gasteiger partial charge in [0.25, 0.3) is 0 Å². The van der Waals surface area contributed by atoms with Crippen molar-refractivity contribution in [1.82, 2.24) is 5.32 Å². The van der Waals surface area contributed by atoms with Gasteiger partial charge in [0.15, 0.2) is 0 Å². The molecule has 5 nitrogen and oxygen atoms in total. The molecule has 0 aromatic heterocycles. The van der Waals surface area contributed by atoms with Crippen LogP contribution in [-0.2, 0) is 11.2 Å². The number of carbonyl (C=O) groups excluding carboxylic acids is 1. The highest BCUT2D eigenvalue weighted by Gasteiger charge is 2.27. The van der Waals surface area contributed by atoms with Gasteiger partial charge in [-0.25, -0.2) is 4.79 Å². The highest BCUT2D eigenvalue weighted by molar-refractivity contribution is 5.95. The molecule has 96 valence electrons. The van der Waals surface area contributed by atoms with E-state index in [4.69, 9.17) is 5.11 Å². The Morgan fingerprint density at radius 2 is 2.17 bits per heavy atom. The Bertz CT molecular complexity index is 473. The molecule has 1 aliphatic rings. The van der Waals surface area contributed by atoms with Crippen LogP contribution in [0.25, 0.3) is 0 Å². The molecule has 0 saturated heterocycles. The van der Waals surface area contributed by atoms with Crippen LogP contribution in [0, 0.1) is 0 Å². The number of fused-ring (bicyclic) bond motifs is 1. The number of rotatable bonds is 2. The number of hydrogen-bond acceptors (Lipinski definition) is 2. The highest BCUT2D eigenvalue weighted by Crippen LogP contribution is 2.30. The summed E-state index contributed by atoms with van der Waals surface area (Å²) < 4.78 is 0. The minimum Gasteiger partial charge on any atom is -0.480 e. The first-order valence-corrected chi connectivity index (χ1v) is 5.96. The second-order valence-corrected chi connectivity index (χ2v) is 4.44. The minimum atomic E-state index is -1.04. The van der Waals surface area contributed by atoms with Crippen LogP contribution in [0.3, 0.4) is 0 Å². The van der Waals surface area contributed by atoms with Gasteiger partial charge in [-0.15, -0.1) is 0 Å². The number of carboxylic acid groups (broad SMARTS) is 1. The second-order valence-electron chi connectivity index (χ2n) is 4.44. The first-order chi connectivity index (χ1) is 8.59. The predicted molar refractivity (Wildman–Crippen MR) is 67.7 cm³/mol. The summed E-state index contributed by atoms with van der Waals surface area (Å²) in [6.07, 6.45) is 1.83. The lowest BCUT2D eigenvalue weighted by Gasteiger charge is -2.35.